The first-order valence-electron chi connectivity index (χ1n) is 4.57. The van der Waals surface area contributed by atoms with Crippen molar-refractivity contribution < 1.29 is 9.53 Å². The van der Waals surface area contributed by atoms with Crippen LogP contribution in [0.15, 0.2) is 42.5 Å². The van der Waals surface area contributed by atoms with Gasteiger partial charge in [0, 0.05) is 5.92 Å². The second-order valence-electron chi connectivity index (χ2n) is 3.46. The fourth-order valence-corrected chi connectivity index (χ4v) is 1.80. The lowest BCUT2D eigenvalue weighted by molar-refractivity contribution is -0.141. The fourth-order valence-electron chi connectivity index (χ4n) is 1.80. The molecule has 0 amide bonds. The van der Waals surface area contributed by atoms with E-state index in [2.05, 4.69) is 6.58 Å². The predicted molar refractivity (Wildman–Crippen MR) is 53.8 cm³/mol. The zero-order valence-electron chi connectivity index (χ0n) is 8.07. The smallest absolute Gasteiger partial charge is 0.313 e. The molecule has 1 aromatic rings. The number of rotatable bonds is 2. The minimum atomic E-state index is -0.177. The maximum Gasteiger partial charge on any atom is 0.313 e. The van der Waals surface area contributed by atoms with Crippen LogP contribution in [0, 0.1) is 5.92 Å². The molecule has 1 aromatic carbocycles. The molecule has 0 heterocycles. The van der Waals surface area contributed by atoms with Crippen LogP contribution in [0.3, 0.4) is 0 Å². The molecule has 0 N–H and O–H groups in total. The van der Waals surface area contributed by atoms with Gasteiger partial charge in [0.15, 0.2) is 0 Å². The van der Waals surface area contributed by atoms with Crippen molar-refractivity contribution in [3.05, 3.63) is 48.0 Å². The molecular weight excluding hydrogens is 176 g/mol. The topological polar surface area (TPSA) is 26.3 Å². The van der Waals surface area contributed by atoms with Crippen LogP contribution in [0.4, 0.5) is 0 Å². The van der Waals surface area contributed by atoms with Crippen LogP contribution >= 0.6 is 0 Å². The maximum atomic E-state index is 11.3. The zero-order valence-corrected chi connectivity index (χ0v) is 8.07. The van der Waals surface area contributed by atoms with Gasteiger partial charge < -0.3 is 4.74 Å². The molecule has 0 radical (unpaired) electrons. The molecule has 0 bridgehead atoms. The Kier molecular flexibility index (Phi) is 2.12. The molecule has 0 aliphatic heterocycles. The average molecular weight is 188 g/mol. The van der Waals surface area contributed by atoms with E-state index in [-0.39, 0.29) is 17.8 Å². The van der Waals surface area contributed by atoms with Gasteiger partial charge in [0.25, 0.3) is 0 Å². The Bertz CT molecular complexity index is 367. The van der Waals surface area contributed by atoms with Crippen LogP contribution in [0.1, 0.15) is 11.5 Å². The van der Waals surface area contributed by atoms with Gasteiger partial charge in [0.2, 0.25) is 0 Å². The van der Waals surface area contributed by atoms with E-state index in [0.717, 1.165) is 11.1 Å². The summed E-state index contributed by atoms with van der Waals surface area (Å²) in [4.78, 5) is 11.3. The van der Waals surface area contributed by atoms with Crippen molar-refractivity contribution in [1.82, 2.24) is 0 Å². The van der Waals surface area contributed by atoms with E-state index in [9.17, 15) is 4.79 Å². The van der Waals surface area contributed by atoms with Crippen LogP contribution < -0.4 is 0 Å². The summed E-state index contributed by atoms with van der Waals surface area (Å²) in [5.41, 5.74) is 2.11. The molecule has 1 saturated carbocycles. The minimum Gasteiger partial charge on any atom is -0.469 e. The first kappa shape index (κ1) is 9.00. The third-order valence-corrected chi connectivity index (χ3v) is 2.64. The molecule has 72 valence electrons. The first-order valence-corrected chi connectivity index (χ1v) is 4.57. The van der Waals surface area contributed by atoms with Crippen molar-refractivity contribution in [3.63, 3.8) is 0 Å². The van der Waals surface area contributed by atoms with Crippen molar-refractivity contribution in [2.75, 3.05) is 7.11 Å². The molecule has 1 aliphatic carbocycles. The Morgan fingerprint density at radius 1 is 1.36 bits per heavy atom. The lowest BCUT2D eigenvalue weighted by Crippen LogP contribution is -2.03. The van der Waals surface area contributed by atoms with Crippen molar-refractivity contribution in [1.29, 1.82) is 0 Å². The predicted octanol–water partition coefficient (Wildman–Crippen LogP) is 2.13. The summed E-state index contributed by atoms with van der Waals surface area (Å²) in [6.07, 6.45) is 0. The highest BCUT2D eigenvalue weighted by Gasteiger charge is 2.49. The van der Waals surface area contributed by atoms with Gasteiger partial charge >= 0.3 is 5.97 Å². The molecule has 2 heteroatoms. The Hall–Kier alpha value is -1.57. The maximum absolute atomic E-state index is 11.3. The fraction of sp³-hybridized carbons (Fsp3) is 0.250. The normalized spacial score (nSPS) is 24.5. The van der Waals surface area contributed by atoms with Gasteiger partial charge in [-0.15, -0.1) is 0 Å². The van der Waals surface area contributed by atoms with Crippen LogP contribution in [-0.4, -0.2) is 13.1 Å². The molecule has 2 atom stereocenters. The van der Waals surface area contributed by atoms with Crippen LogP contribution in [-0.2, 0) is 9.53 Å². The quantitative estimate of drug-likeness (QED) is 0.525. The zero-order chi connectivity index (χ0) is 10.1. The van der Waals surface area contributed by atoms with Gasteiger partial charge in [-0.05, 0) is 5.56 Å². The molecule has 0 aromatic heterocycles. The molecule has 0 saturated heterocycles. The van der Waals surface area contributed by atoms with E-state index in [4.69, 9.17) is 4.74 Å². The summed E-state index contributed by atoms with van der Waals surface area (Å²) in [6.45, 7) is 3.87. The molecule has 14 heavy (non-hydrogen) atoms. The number of benzene rings is 1. The number of carbonyl (C=O) groups excluding carboxylic acids is 1. The van der Waals surface area contributed by atoms with Gasteiger partial charge in [0.05, 0.1) is 13.0 Å². The van der Waals surface area contributed by atoms with Crippen molar-refractivity contribution >= 4 is 5.97 Å². The summed E-state index contributed by atoms with van der Waals surface area (Å²) in [6, 6.07) is 9.92. The highest BCUT2D eigenvalue weighted by atomic mass is 16.5. The van der Waals surface area contributed by atoms with Gasteiger partial charge in [-0.25, -0.2) is 0 Å². The standard InChI is InChI=1S/C12H12O2/c1-8-10(11(8)12(13)14-2)9-6-4-3-5-7-9/h3-7,10-11H,1H2,2H3/t10-,11-/m1/s1. The third kappa shape index (κ3) is 1.33. The van der Waals surface area contributed by atoms with Crippen LogP contribution in [0.25, 0.3) is 0 Å². The third-order valence-electron chi connectivity index (χ3n) is 2.64. The van der Waals surface area contributed by atoms with Crippen molar-refractivity contribution in [2.45, 2.75) is 5.92 Å². The highest BCUT2D eigenvalue weighted by Crippen LogP contribution is 2.52. The van der Waals surface area contributed by atoms with Crippen LogP contribution in [0.5, 0.6) is 0 Å². The van der Waals surface area contributed by atoms with Gasteiger partial charge in [-0.1, -0.05) is 42.5 Å². The average Bonchev–Trinajstić information content (AvgIpc) is 2.90. The number of methoxy groups -OCH3 is 1. The van der Waals surface area contributed by atoms with Gasteiger partial charge in [-0.3, -0.25) is 4.79 Å². The molecule has 2 rings (SSSR count). The number of ether oxygens (including phenoxy) is 1. The number of carbonyl (C=O) groups is 1. The SMILES string of the molecule is C=C1[C@@H](C(=O)OC)[C@H]1c1ccccc1. The van der Waals surface area contributed by atoms with E-state index in [0.29, 0.717) is 0 Å². The minimum absolute atomic E-state index is 0.123. The molecule has 1 fully saturated rings. The van der Waals surface area contributed by atoms with E-state index in [1.165, 1.54) is 7.11 Å². The summed E-state index contributed by atoms with van der Waals surface area (Å²) >= 11 is 0. The first-order chi connectivity index (χ1) is 6.75. The molecule has 2 nitrogen and oxygen atoms in total. The summed E-state index contributed by atoms with van der Waals surface area (Å²) in [5.74, 6) is -0.130. The van der Waals surface area contributed by atoms with Gasteiger partial charge in [-0.2, -0.15) is 0 Å². The molecular formula is C12H12O2. The second-order valence-corrected chi connectivity index (χ2v) is 3.46. The lowest BCUT2D eigenvalue weighted by Gasteiger charge is -1.97. The van der Waals surface area contributed by atoms with Gasteiger partial charge in [0.1, 0.15) is 0 Å². The Balaban J connectivity index is 2.17. The summed E-state index contributed by atoms with van der Waals surface area (Å²) in [7, 11) is 1.41. The van der Waals surface area contributed by atoms with Crippen LogP contribution in [0.2, 0.25) is 0 Å². The Morgan fingerprint density at radius 3 is 2.57 bits per heavy atom. The monoisotopic (exact) mass is 188 g/mol. The Morgan fingerprint density at radius 2 is 2.00 bits per heavy atom. The van der Waals surface area contributed by atoms with E-state index in [1.807, 2.05) is 30.3 Å². The lowest BCUT2D eigenvalue weighted by atomic mass is 10.1. The molecule has 1 aliphatic rings. The number of hydrogen-bond donors (Lipinski definition) is 0. The molecule has 0 spiro atoms. The van der Waals surface area contributed by atoms with E-state index in [1.54, 1.807) is 0 Å². The van der Waals surface area contributed by atoms with E-state index >= 15 is 0 Å². The molecule has 0 unspecified atom stereocenters. The summed E-state index contributed by atoms with van der Waals surface area (Å²) in [5, 5.41) is 0. The second kappa shape index (κ2) is 3.29. The Labute approximate surface area is 83.2 Å². The highest BCUT2D eigenvalue weighted by molar-refractivity contribution is 5.84. The summed E-state index contributed by atoms with van der Waals surface area (Å²) < 4.78 is 4.70. The largest absolute Gasteiger partial charge is 0.469 e. The van der Waals surface area contributed by atoms with Crippen molar-refractivity contribution in [2.24, 2.45) is 5.92 Å². The van der Waals surface area contributed by atoms with Crippen molar-refractivity contribution in [3.8, 4) is 0 Å². The van der Waals surface area contributed by atoms with E-state index < -0.39 is 0 Å². The number of esters is 1. The number of hydrogen-bond acceptors (Lipinski definition) is 2.